The number of nitrogens with zero attached hydrogens (tertiary/aromatic N) is 1. The van der Waals surface area contributed by atoms with Crippen molar-refractivity contribution in [1.82, 2.24) is 4.90 Å². The predicted molar refractivity (Wildman–Crippen MR) is 70.6 cm³/mol. The van der Waals surface area contributed by atoms with E-state index in [0.29, 0.717) is 25.3 Å². The molecule has 2 aliphatic rings. The lowest BCUT2D eigenvalue weighted by atomic mass is 10.0. The summed E-state index contributed by atoms with van der Waals surface area (Å²) in [6.07, 6.45) is -2.74. The summed E-state index contributed by atoms with van der Waals surface area (Å²) in [6, 6.07) is 5.54. The molecule has 2 aliphatic heterocycles. The van der Waals surface area contributed by atoms with Gasteiger partial charge in [-0.1, -0.05) is 18.2 Å². The molecule has 0 bridgehead atoms. The highest BCUT2D eigenvalue weighted by Gasteiger charge is 2.39. The van der Waals surface area contributed by atoms with Crippen molar-refractivity contribution < 1.29 is 22.6 Å². The van der Waals surface area contributed by atoms with E-state index in [-0.39, 0.29) is 0 Å². The fourth-order valence-electron chi connectivity index (χ4n) is 2.94. The fraction of sp³-hybridized carbons (Fsp3) is 0.600. The van der Waals surface area contributed by atoms with Crippen molar-refractivity contribution in [3.8, 4) is 0 Å². The molecule has 2 fully saturated rings. The molecule has 0 saturated carbocycles. The molecular weight excluding hydrogens is 283 g/mol. The zero-order valence-electron chi connectivity index (χ0n) is 11.7. The zero-order chi connectivity index (χ0) is 14.9. The Kier molecular flexibility index (Phi) is 3.94. The van der Waals surface area contributed by atoms with Gasteiger partial charge in [0.1, 0.15) is 0 Å². The Morgan fingerprint density at radius 3 is 2.38 bits per heavy atom. The lowest BCUT2D eigenvalue weighted by Crippen LogP contribution is -2.44. The van der Waals surface area contributed by atoms with Crippen molar-refractivity contribution in [2.45, 2.75) is 31.3 Å². The van der Waals surface area contributed by atoms with E-state index in [1.54, 1.807) is 6.07 Å². The molecular formula is C15H18F3NO2. The van der Waals surface area contributed by atoms with Crippen molar-refractivity contribution in [1.29, 1.82) is 0 Å². The molecule has 3 nitrogen and oxygen atoms in total. The molecule has 2 heterocycles. The average Bonchev–Trinajstić information content (AvgIpc) is 2.90. The minimum absolute atomic E-state index is 0.440. The summed E-state index contributed by atoms with van der Waals surface area (Å²) < 4.78 is 49.4. The molecule has 1 aromatic rings. The lowest BCUT2D eigenvalue weighted by Gasteiger charge is -2.37. The maximum Gasteiger partial charge on any atom is 0.416 e. The molecule has 116 valence electrons. The highest BCUT2D eigenvalue weighted by atomic mass is 19.4. The SMILES string of the molecule is FC(F)(F)c1cccc(CN2CCC3(CC2)OCCO3)c1. The zero-order valence-corrected chi connectivity index (χ0v) is 11.7. The molecule has 1 spiro atoms. The Hall–Kier alpha value is -1.11. The molecule has 0 aromatic heterocycles. The molecule has 21 heavy (non-hydrogen) atoms. The van der Waals surface area contributed by atoms with E-state index in [2.05, 4.69) is 4.90 Å². The molecule has 3 rings (SSSR count). The number of benzene rings is 1. The predicted octanol–water partition coefficient (Wildman–Crippen LogP) is 3.04. The van der Waals surface area contributed by atoms with E-state index < -0.39 is 17.5 Å². The molecule has 1 aromatic carbocycles. The number of ether oxygens (including phenoxy) is 2. The van der Waals surface area contributed by atoms with Gasteiger partial charge in [0.2, 0.25) is 0 Å². The van der Waals surface area contributed by atoms with Gasteiger partial charge in [-0.25, -0.2) is 0 Å². The van der Waals surface area contributed by atoms with E-state index in [1.165, 1.54) is 12.1 Å². The summed E-state index contributed by atoms with van der Waals surface area (Å²) in [6.45, 7) is 3.34. The van der Waals surface area contributed by atoms with Gasteiger partial charge in [-0.3, -0.25) is 4.90 Å². The van der Waals surface area contributed by atoms with Crippen molar-refractivity contribution in [2.75, 3.05) is 26.3 Å². The van der Waals surface area contributed by atoms with Gasteiger partial charge in [0, 0.05) is 32.5 Å². The molecule has 0 radical (unpaired) electrons. The molecule has 0 unspecified atom stereocenters. The molecule has 0 atom stereocenters. The Balaban J connectivity index is 1.60. The average molecular weight is 301 g/mol. The van der Waals surface area contributed by atoms with Gasteiger partial charge >= 0.3 is 6.18 Å². The highest BCUT2D eigenvalue weighted by molar-refractivity contribution is 5.25. The molecule has 0 N–H and O–H groups in total. The third-order valence-electron chi connectivity index (χ3n) is 4.09. The molecule has 0 aliphatic carbocycles. The Morgan fingerprint density at radius 2 is 1.76 bits per heavy atom. The third-order valence-corrected chi connectivity index (χ3v) is 4.09. The third kappa shape index (κ3) is 3.39. The summed E-state index contributed by atoms with van der Waals surface area (Å²) in [5, 5.41) is 0. The van der Waals surface area contributed by atoms with Crippen molar-refractivity contribution in [3.05, 3.63) is 35.4 Å². The van der Waals surface area contributed by atoms with Gasteiger partial charge in [-0.2, -0.15) is 13.2 Å². The van der Waals surface area contributed by atoms with Crippen LogP contribution in [0.4, 0.5) is 13.2 Å². The number of hydrogen-bond acceptors (Lipinski definition) is 3. The summed E-state index contributed by atoms with van der Waals surface area (Å²) in [4.78, 5) is 2.14. The summed E-state index contributed by atoms with van der Waals surface area (Å²) in [7, 11) is 0. The van der Waals surface area contributed by atoms with Gasteiger partial charge in [0.15, 0.2) is 5.79 Å². The Labute approximate surface area is 121 Å². The Morgan fingerprint density at radius 1 is 1.10 bits per heavy atom. The fourth-order valence-corrected chi connectivity index (χ4v) is 2.94. The van der Waals surface area contributed by atoms with E-state index in [9.17, 15) is 13.2 Å². The number of likely N-dealkylation sites (tertiary alicyclic amines) is 1. The van der Waals surface area contributed by atoms with Crippen LogP contribution in [0.3, 0.4) is 0 Å². The van der Waals surface area contributed by atoms with Crippen LogP contribution in [0.1, 0.15) is 24.0 Å². The quantitative estimate of drug-likeness (QED) is 0.838. The van der Waals surface area contributed by atoms with Gasteiger partial charge in [-0.05, 0) is 11.6 Å². The maximum atomic E-state index is 12.7. The summed E-state index contributed by atoms with van der Waals surface area (Å²) in [5.41, 5.74) is 0.102. The lowest BCUT2D eigenvalue weighted by molar-refractivity contribution is -0.185. The number of halogens is 3. The molecule has 2 saturated heterocycles. The van der Waals surface area contributed by atoms with E-state index in [0.717, 1.165) is 32.0 Å². The van der Waals surface area contributed by atoms with Crippen LogP contribution in [0.25, 0.3) is 0 Å². The van der Waals surface area contributed by atoms with Crippen LogP contribution in [0.2, 0.25) is 0 Å². The van der Waals surface area contributed by atoms with Crippen molar-refractivity contribution in [2.24, 2.45) is 0 Å². The van der Waals surface area contributed by atoms with Crippen LogP contribution < -0.4 is 0 Å². The van der Waals surface area contributed by atoms with E-state index in [1.807, 2.05) is 0 Å². The largest absolute Gasteiger partial charge is 0.416 e. The van der Waals surface area contributed by atoms with E-state index >= 15 is 0 Å². The Bertz CT molecular complexity index is 488. The number of hydrogen-bond donors (Lipinski definition) is 0. The van der Waals surface area contributed by atoms with Crippen LogP contribution in [-0.2, 0) is 22.2 Å². The monoisotopic (exact) mass is 301 g/mol. The second-order valence-electron chi connectivity index (χ2n) is 5.58. The van der Waals surface area contributed by atoms with Crippen LogP contribution in [0.15, 0.2) is 24.3 Å². The van der Waals surface area contributed by atoms with Gasteiger partial charge in [0.05, 0.1) is 18.8 Å². The number of piperidine rings is 1. The van der Waals surface area contributed by atoms with Crippen molar-refractivity contribution >= 4 is 0 Å². The first-order valence-electron chi connectivity index (χ1n) is 7.13. The van der Waals surface area contributed by atoms with Crippen LogP contribution in [0, 0.1) is 0 Å². The molecule has 6 heteroatoms. The van der Waals surface area contributed by atoms with Gasteiger partial charge < -0.3 is 9.47 Å². The van der Waals surface area contributed by atoms with Gasteiger partial charge in [0.25, 0.3) is 0 Å². The first-order chi connectivity index (χ1) is 9.97. The first kappa shape index (κ1) is 14.8. The number of rotatable bonds is 2. The summed E-state index contributed by atoms with van der Waals surface area (Å²) >= 11 is 0. The van der Waals surface area contributed by atoms with Crippen LogP contribution in [-0.4, -0.2) is 37.0 Å². The van der Waals surface area contributed by atoms with Crippen LogP contribution >= 0.6 is 0 Å². The minimum atomic E-state index is -4.28. The maximum absolute atomic E-state index is 12.7. The second-order valence-corrected chi connectivity index (χ2v) is 5.58. The van der Waals surface area contributed by atoms with Crippen molar-refractivity contribution in [3.63, 3.8) is 0 Å². The summed E-state index contributed by atoms with van der Waals surface area (Å²) in [5.74, 6) is -0.440. The highest BCUT2D eigenvalue weighted by Crippen LogP contribution is 2.33. The van der Waals surface area contributed by atoms with Gasteiger partial charge in [-0.15, -0.1) is 0 Å². The second kappa shape index (κ2) is 5.59. The van der Waals surface area contributed by atoms with E-state index in [4.69, 9.17) is 9.47 Å². The topological polar surface area (TPSA) is 21.7 Å². The first-order valence-corrected chi connectivity index (χ1v) is 7.13. The normalized spacial score (nSPS) is 22.8. The smallest absolute Gasteiger partial charge is 0.347 e. The van der Waals surface area contributed by atoms with Crippen LogP contribution in [0.5, 0.6) is 0 Å². The number of alkyl halides is 3. The standard InChI is InChI=1S/C15H18F3NO2/c16-15(17,18)13-3-1-2-12(10-13)11-19-6-4-14(5-7-19)20-8-9-21-14/h1-3,10H,4-9,11H2. The molecule has 0 amide bonds. The minimum Gasteiger partial charge on any atom is -0.347 e.